The first-order valence-electron chi connectivity index (χ1n) is 10.4. The number of aromatic nitrogens is 1. The largest absolute Gasteiger partial charge is 0.573 e. The van der Waals surface area contributed by atoms with Gasteiger partial charge in [0.1, 0.15) is 17.3 Å². The highest BCUT2D eigenvalue weighted by molar-refractivity contribution is 5.89. The third-order valence-corrected chi connectivity index (χ3v) is 5.36. The van der Waals surface area contributed by atoms with Gasteiger partial charge in [-0.2, -0.15) is 0 Å². The summed E-state index contributed by atoms with van der Waals surface area (Å²) in [4.78, 5) is 17.7. The van der Waals surface area contributed by atoms with Crippen molar-refractivity contribution in [3.05, 3.63) is 53.1 Å². The number of benzene rings is 1. The van der Waals surface area contributed by atoms with Gasteiger partial charge in [0.25, 0.3) is 0 Å². The second-order valence-corrected chi connectivity index (χ2v) is 8.48. The molecular weight excluding hydrogens is 465 g/mol. The van der Waals surface area contributed by atoms with Crippen LogP contribution in [0.25, 0.3) is 0 Å². The van der Waals surface area contributed by atoms with E-state index in [1.165, 1.54) is 30.2 Å². The lowest BCUT2D eigenvalue weighted by Gasteiger charge is -2.36. The van der Waals surface area contributed by atoms with Gasteiger partial charge < -0.3 is 25.2 Å². The van der Waals surface area contributed by atoms with E-state index in [2.05, 4.69) is 15.0 Å². The summed E-state index contributed by atoms with van der Waals surface area (Å²) in [6.07, 6.45) is -4.39. The molecule has 7 nitrogen and oxygen atoms in total. The highest BCUT2D eigenvalue weighted by Crippen LogP contribution is 2.37. The molecule has 2 aromatic rings. The van der Waals surface area contributed by atoms with E-state index in [9.17, 15) is 32.6 Å². The number of piperidine rings is 1. The lowest BCUT2D eigenvalue weighted by atomic mass is 9.89. The molecule has 0 saturated carbocycles. The SMILES string of the molecule is Cc1cc(NC(=O)N2CCC(F)(c3ncc(CC(C)(O)O)cc3F)CC2)ccc1OC(F)(F)F. The Morgan fingerprint density at radius 1 is 1.24 bits per heavy atom. The van der Waals surface area contributed by atoms with Crippen LogP contribution in [0.4, 0.5) is 32.4 Å². The summed E-state index contributed by atoms with van der Waals surface area (Å²) < 4.78 is 71.1. The van der Waals surface area contributed by atoms with Crippen molar-refractivity contribution < 1.29 is 41.7 Å². The summed E-state index contributed by atoms with van der Waals surface area (Å²) in [7, 11) is 0. The Balaban J connectivity index is 1.62. The number of aryl methyl sites for hydroxylation is 1. The Labute approximate surface area is 192 Å². The minimum Gasteiger partial charge on any atom is -0.406 e. The molecule has 3 rings (SSSR count). The topological polar surface area (TPSA) is 94.9 Å². The van der Waals surface area contributed by atoms with Gasteiger partial charge in [-0.05, 0) is 49.2 Å². The van der Waals surface area contributed by atoms with Gasteiger partial charge in [-0.25, -0.2) is 13.6 Å². The third kappa shape index (κ3) is 6.54. The lowest BCUT2D eigenvalue weighted by Crippen LogP contribution is -2.45. The van der Waals surface area contributed by atoms with Gasteiger partial charge in [-0.1, -0.05) is 0 Å². The number of hydrogen-bond acceptors (Lipinski definition) is 5. The molecule has 0 atom stereocenters. The van der Waals surface area contributed by atoms with Crippen LogP contribution in [0.5, 0.6) is 5.75 Å². The van der Waals surface area contributed by atoms with Crippen molar-refractivity contribution in [2.75, 3.05) is 18.4 Å². The van der Waals surface area contributed by atoms with E-state index in [0.717, 1.165) is 19.1 Å². The Morgan fingerprint density at radius 3 is 2.41 bits per heavy atom. The van der Waals surface area contributed by atoms with E-state index < -0.39 is 41.1 Å². The molecule has 12 heteroatoms. The summed E-state index contributed by atoms with van der Waals surface area (Å²) in [5, 5.41) is 21.4. The van der Waals surface area contributed by atoms with Crippen molar-refractivity contribution in [3.8, 4) is 5.75 Å². The van der Waals surface area contributed by atoms with Gasteiger partial charge >= 0.3 is 12.4 Å². The molecule has 0 aliphatic carbocycles. The van der Waals surface area contributed by atoms with Crippen LogP contribution in [-0.2, 0) is 12.1 Å². The summed E-state index contributed by atoms with van der Waals surface area (Å²) in [6.45, 7) is 2.42. The predicted molar refractivity (Wildman–Crippen MR) is 111 cm³/mol. The number of amides is 2. The van der Waals surface area contributed by atoms with Gasteiger partial charge in [0.15, 0.2) is 11.5 Å². The molecule has 3 N–H and O–H groups in total. The Kier molecular flexibility index (Phi) is 7.04. The number of nitrogens with zero attached hydrogens (tertiary/aromatic N) is 2. The molecule has 1 aliphatic rings. The van der Waals surface area contributed by atoms with E-state index in [1.54, 1.807) is 0 Å². The number of hydrogen-bond donors (Lipinski definition) is 3. The van der Waals surface area contributed by atoms with Crippen molar-refractivity contribution >= 4 is 11.7 Å². The highest BCUT2D eigenvalue weighted by atomic mass is 19.4. The molecule has 186 valence electrons. The minimum atomic E-state index is -4.84. The second kappa shape index (κ2) is 9.34. The van der Waals surface area contributed by atoms with E-state index in [-0.39, 0.29) is 49.2 Å². The monoisotopic (exact) mass is 489 g/mol. The molecule has 0 bridgehead atoms. The summed E-state index contributed by atoms with van der Waals surface area (Å²) in [6, 6.07) is 4.06. The maximum atomic E-state index is 15.5. The number of halogens is 5. The zero-order valence-electron chi connectivity index (χ0n) is 18.4. The van der Waals surface area contributed by atoms with Gasteiger partial charge in [0.2, 0.25) is 0 Å². The van der Waals surface area contributed by atoms with E-state index in [0.29, 0.717) is 0 Å². The first-order valence-corrected chi connectivity index (χ1v) is 10.4. The van der Waals surface area contributed by atoms with E-state index in [4.69, 9.17) is 0 Å². The maximum Gasteiger partial charge on any atom is 0.573 e. The molecule has 0 radical (unpaired) electrons. The van der Waals surface area contributed by atoms with E-state index in [1.807, 2.05) is 0 Å². The second-order valence-electron chi connectivity index (χ2n) is 8.48. The minimum absolute atomic E-state index is 0.0508. The molecular formula is C22H24F5N3O4. The fraction of sp³-hybridized carbons (Fsp3) is 0.455. The molecule has 2 amide bonds. The third-order valence-electron chi connectivity index (χ3n) is 5.36. The van der Waals surface area contributed by atoms with Crippen LogP contribution in [0.2, 0.25) is 0 Å². The van der Waals surface area contributed by atoms with Crippen molar-refractivity contribution in [3.63, 3.8) is 0 Å². The van der Waals surface area contributed by atoms with E-state index >= 15 is 4.39 Å². The zero-order valence-corrected chi connectivity index (χ0v) is 18.4. The standard InChI is InChI=1S/C22H24F5N3O4/c1-13-9-15(3-4-17(13)34-22(25,26)27)29-19(31)30-7-5-21(24,6-8-30)18-16(23)10-14(12-28-18)11-20(2,32)33/h3-4,9-10,12,32-33H,5-8,11H2,1-2H3,(H,29,31). The quantitative estimate of drug-likeness (QED) is 0.433. The summed E-state index contributed by atoms with van der Waals surface area (Å²) >= 11 is 0. The fourth-order valence-electron chi connectivity index (χ4n) is 3.76. The number of aliphatic hydroxyl groups is 2. The highest BCUT2D eigenvalue weighted by Gasteiger charge is 2.41. The number of carbonyl (C=O) groups excluding carboxylic acids is 1. The Bertz CT molecular complexity index is 1050. The first-order chi connectivity index (χ1) is 15.7. The number of alkyl halides is 4. The number of carbonyl (C=O) groups is 1. The molecule has 1 aliphatic heterocycles. The molecule has 0 spiro atoms. The van der Waals surface area contributed by atoms with Gasteiger partial charge in [0.05, 0.1) is 0 Å². The number of rotatable bonds is 5. The van der Waals surface area contributed by atoms with Gasteiger partial charge in [-0.15, -0.1) is 13.2 Å². The normalized spacial score (nSPS) is 16.3. The van der Waals surface area contributed by atoms with Crippen LogP contribution in [0.1, 0.15) is 36.6 Å². The number of pyridine rings is 1. The smallest absolute Gasteiger partial charge is 0.406 e. The van der Waals surface area contributed by atoms with Crippen LogP contribution in [0.3, 0.4) is 0 Å². The fourth-order valence-corrected chi connectivity index (χ4v) is 3.76. The van der Waals surface area contributed by atoms with Crippen LogP contribution in [-0.4, -0.2) is 51.4 Å². The molecule has 0 unspecified atom stereocenters. The van der Waals surface area contributed by atoms with Crippen molar-refractivity contribution in [2.45, 2.75) is 50.9 Å². The predicted octanol–water partition coefficient (Wildman–Crippen LogP) is 4.16. The van der Waals surface area contributed by atoms with Crippen LogP contribution < -0.4 is 10.1 Å². The zero-order chi connectivity index (χ0) is 25.3. The number of urea groups is 1. The van der Waals surface area contributed by atoms with Gasteiger partial charge in [-0.3, -0.25) is 4.98 Å². The molecule has 1 saturated heterocycles. The molecule has 2 heterocycles. The average Bonchev–Trinajstić information content (AvgIpc) is 2.68. The van der Waals surface area contributed by atoms with Crippen LogP contribution >= 0.6 is 0 Å². The first kappa shape index (κ1) is 25.6. The maximum absolute atomic E-state index is 15.5. The number of ether oxygens (including phenoxy) is 1. The number of anilines is 1. The van der Waals surface area contributed by atoms with Crippen molar-refractivity contribution in [2.24, 2.45) is 0 Å². The van der Waals surface area contributed by atoms with Crippen LogP contribution in [0.15, 0.2) is 30.5 Å². The molecule has 1 aromatic heterocycles. The number of likely N-dealkylation sites (tertiary alicyclic amines) is 1. The average molecular weight is 489 g/mol. The molecule has 1 fully saturated rings. The summed E-state index contributed by atoms with van der Waals surface area (Å²) in [5.74, 6) is -3.38. The van der Waals surface area contributed by atoms with Gasteiger partial charge in [0, 0.05) is 44.2 Å². The molecule has 34 heavy (non-hydrogen) atoms. The summed E-state index contributed by atoms with van der Waals surface area (Å²) in [5.41, 5.74) is -1.95. The lowest BCUT2D eigenvalue weighted by molar-refractivity contribution is -0.274. The van der Waals surface area contributed by atoms with Crippen molar-refractivity contribution in [1.29, 1.82) is 0 Å². The van der Waals surface area contributed by atoms with Crippen molar-refractivity contribution in [1.82, 2.24) is 9.88 Å². The Hall–Kier alpha value is -2.99. The Morgan fingerprint density at radius 2 is 1.88 bits per heavy atom. The number of nitrogens with one attached hydrogen (secondary N) is 1. The molecule has 1 aromatic carbocycles. The van der Waals surface area contributed by atoms with Crippen LogP contribution in [0, 0.1) is 12.7 Å².